The van der Waals surface area contributed by atoms with Gasteiger partial charge in [0.05, 0.1) is 26.4 Å². The Kier molecular flexibility index (Phi) is 8.23. The predicted octanol–water partition coefficient (Wildman–Crippen LogP) is 5.68. The van der Waals surface area contributed by atoms with E-state index in [-0.39, 0.29) is 12.2 Å². The molecular formula is C28H30O4. The molecule has 4 heteroatoms. The molecule has 4 nitrogen and oxygen atoms in total. The second-order valence-corrected chi connectivity index (χ2v) is 7.98. The molecule has 1 heterocycles. The van der Waals surface area contributed by atoms with Crippen LogP contribution in [0, 0.1) is 0 Å². The summed E-state index contributed by atoms with van der Waals surface area (Å²) in [5, 5.41) is 0. The minimum absolute atomic E-state index is 0.206. The Morgan fingerprint density at radius 2 is 1.16 bits per heavy atom. The van der Waals surface area contributed by atoms with Crippen LogP contribution in [0.5, 0.6) is 0 Å². The predicted molar refractivity (Wildman–Crippen MR) is 125 cm³/mol. The number of benzene rings is 3. The lowest BCUT2D eigenvalue weighted by Gasteiger charge is -2.34. The van der Waals surface area contributed by atoms with Gasteiger partial charge in [-0.2, -0.15) is 0 Å². The third-order valence-corrected chi connectivity index (χ3v) is 5.39. The first kappa shape index (κ1) is 22.4. The van der Waals surface area contributed by atoms with Crippen LogP contribution < -0.4 is 0 Å². The van der Waals surface area contributed by atoms with Crippen LogP contribution >= 0.6 is 0 Å². The van der Waals surface area contributed by atoms with Crippen molar-refractivity contribution >= 4 is 0 Å². The van der Waals surface area contributed by atoms with Crippen LogP contribution in [0.1, 0.15) is 23.6 Å². The normalized spacial score (nSPS) is 20.7. The standard InChI is InChI=1S/C28H30O4/c1-22-17-26(30-19-24-13-7-3-8-14-24)27(21-29-18-23-11-5-2-6-12-23)32-28(22)31-20-25-15-9-4-10-16-25/h2-17,26-28H,18-21H2,1H3/t26-,27-,28+/m1/s1. The molecule has 0 aromatic heterocycles. The van der Waals surface area contributed by atoms with Crippen LogP contribution in [-0.2, 0) is 38.8 Å². The van der Waals surface area contributed by atoms with Crippen molar-refractivity contribution in [1.29, 1.82) is 0 Å². The Morgan fingerprint density at radius 1 is 0.656 bits per heavy atom. The fourth-order valence-corrected chi connectivity index (χ4v) is 3.63. The van der Waals surface area contributed by atoms with Gasteiger partial charge in [0.1, 0.15) is 12.2 Å². The van der Waals surface area contributed by atoms with E-state index < -0.39 is 6.29 Å². The summed E-state index contributed by atoms with van der Waals surface area (Å²) in [6, 6.07) is 30.4. The first-order valence-electron chi connectivity index (χ1n) is 11.0. The molecule has 0 unspecified atom stereocenters. The molecule has 3 aromatic carbocycles. The van der Waals surface area contributed by atoms with Gasteiger partial charge in [-0.15, -0.1) is 0 Å². The number of hydrogen-bond acceptors (Lipinski definition) is 4. The highest BCUT2D eigenvalue weighted by Gasteiger charge is 2.32. The number of ether oxygens (including phenoxy) is 4. The smallest absolute Gasteiger partial charge is 0.180 e. The quantitative estimate of drug-likeness (QED) is 0.388. The highest BCUT2D eigenvalue weighted by Crippen LogP contribution is 2.25. The number of hydrogen-bond donors (Lipinski definition) is 0. The molecule has 3 aromatic rings. The van der Waals surface area contributed by atoms with E-state index in [1.165, 1.54) is 0 Å². The van der Waals surface area contributed by atoms with Gasteiger partial charge in [-0.25, -0.2) is 0 Å². The molecule has 0 saturated carbocycles. The van der Waals surface area contributed by atoms with E-state index in [9.17, 15) is 0 Å². The molecule has 1 aliphatic heterocycles. The van der Waals surface area contributed by atoms with Gasteiger partial charge in [0.25, 0.3) is 0 Å². The van der Waals surface area contributed by atoms with E-state index in [4.69, 9.17) is 18.9 Å². The minimum Gasteiger partial charge on any atom is -0.374 e. The third kappa shape index (κ3) is 6.62. The molecule has 0 aliphatic carbocycles. The second kappa shape index (κ2) is 11.7. The van der Waals surface area contributed by atoms with E-state index in [0.29, 0.717) is 26.4 Å². The summed E-state index contributed by atoms with van der Waals surface area (Å²) in [6.45, 7) is 3.98. The molecule has 3 atom stereocenters. The molecular weight excluding hydrogens is 400 g/mol. The molecule has 0 N–H and O–H groups in total. The lowest BCUT2D eigenvalue weighted by atomic mass is 10.1. The summed E-state index contributed by atoms with van der Waals surface area (Å²) < 4.78 is 24.6. The van der Waals surface area contributed by atoms with Crippen molar-refractivity contribution in [2.24, 2.45) is 0 Å². The summed E-state index contributed by atoms with van der Waals surface area (Å²) in [5.74, 6) is 0. The van der Waals surface area contributed by atoms with E-state index in [1.807, 2.05) is 73.7 Å². The lowest BCUT2D eigenvalue weighted by molar-refractivity contribution is -0.204. The van der Waals surface area contributed by atoms with Crippen LogP contribution in [-0.4, -0.2) is 25.1 Å². The zero-order valence-electron chi connectivity index (χ0n) is 18.4. The van der Waals surface area contributed by atoms with Crippen molar-refractivity contribution in [1.82, 2.24) is 0 Å². The summed E-state index contributed by atoms with van der Waals surface area (Å²) in [7, 11) is 0. The van der Waals surface area contributed by atoms with E-state index >= 15 is 0 Å². The third-order valence-electron chi connectivity index (χ3n) is 5.39. The van der Waals surface area contributed by atoms with Crippen molar-refractivity contribution in [2.45, 2.75) is 45.2 Å². The summed E-state index contributed by atoms with van der Waals surface area (Å²) in [5.41, 5.74) is 4.39. The van der Waals surface area contributed by atoms with Gasteiger partial charge in [0.2, 0.25) is 0 Å². The highest BCUT2D eigenvalue weighted by molar-refractivity contribution is 5.17. The molecule has 0 saturated heterocycles. The van der Waals surface area contributed by atoms with Crippen LogP contribution in [0.2, 0.25) is 0 Å². The van der Waals surface area contributed by atoms with E-state index in [0.717, 1.165) is 22.3 Å². The van der Waals surface area contributed by atoms with Gasteiger partial charge in [-0.3, -0.25) is 0 Å². The van der Waals surface area contributed by atoms with Crippen molar-refractivity contribution in [3.05, 3.63) is 119 Å². The van der Waals surface area contributed by atoms with Gasteiger partial charge in [0.15, 0.2) is 6.29 Å². The Balaban J connectivity index is 1.39. The largest absolute Gasteiger partial charge is 0.374 e. The Morgan fingerprint density at radius 3 is 1.72 bits per heavy atom. The van der Waals surface area contributed by atoms with Crippen molar-refractivity contribution in [3.63, 3.8) is 0 Å². The molecule has 166 valence electrons. The van der Waals surface area contributed by atoms with Gasteiger partial charge in [-0.1, -0.05) is 91.0 Å². The average molecular weight is 431 g/mol. The molecule has 0 spiro atoms. The van der Waals surface area contributed by atoms with Crippen molar-refractivity contribution in [3.8, 4) is 0 Å². The summed E-state index contributed by atoms with van der Waals surface area (Å²) >= 11 is 0. The van der Waals surface area contributed by atoms with Crippen LogP contribution in [0.15, 0.2) is 103 Å². The molecule has 1 aliphatic rings. The lowest BCUT2D eigenvalue weighted by Crippen LogP contribution is -2.42. The fraction of sp³-hybridized carbons (Fsp3) is 0.286. The Labute approximate surface area is 190 Å². The van der Waals surface area contributed by atoms with E-state index in [2.05, 4.69) is 30.3 Å². The maximum Gasteiger partial charge on any atom is 0.180 e. The van der Waals surface area contributed by atoms with Gasteiger partial charge >= 0.3 is 0 Å². The first-order chi connectivity index (χ1) is 15.8. The molecule has 0 radical (unpaired) electrons. The van der Waals surface area contributed by atoms with Gasteiger partial charge < -0.3 is 18.9 Å². The summed E-state index contributed by atoms with van der Waals surface area (Å²) in [4.78, 5) is 0. The monoisotopic (exact) mass is 430 g/mol. The first-order valence-corrected chi connectivity index (χ1v) is 11.0. The summed E-state index contributed by atoms with van der Waals surface area (Å²) in [6.07, 6.45) is 1.23. The Hall–Kier alpha value is -2.76. The second-order valence-electron chi connectivity index (χ2n) is 7.98. The molecule has 0 amide bonds. The topological polar surface area (TPSA) is 36.9 Å². The molecule has 0 fully saturated rings. The molecule has 4 rings (SSSR count). The zero-order valence-corrected chi connectivity index (χ0v) is 18.4. The molecule has 32 heavy (non-hydrogen) atoms. The van der Waals surface area contributed by atoms with Crippen LogP contribution in [0.4, 0.5) is 0 Å². The van der Waals surface area contributed by atoms with Crippen molar-refractivity contribution in [2.75, 3.05) is 6.61 Å². The van der Waals surface area contributed by atoms with Gasteiger partial charge in [-0.05, 0) is 35.3 Å². The molecule has 0 bridgehead atoms. The van der Waals surface area contributed by atoms with Crippen LogP contribution in [0.25, 0.3) is 0 Å². The van der Waals surface area contributed by atoms with E-state index in [1.54, 1.807) is 0 Å². The maximum absolute atomic E-state index is 6.32. The maximum atomic E-state index is 6.32. The van der Waals surface area contributed by atoms with Crippen molar-refractivity contribution < 1.29 is 18.9 Å². The minimum atomic E-state index is -0.419. The SMILES string of the molecule is CC1=C[C@@H](OCc2ccccc2)[C@@H](COCc2ccccc2)O[C@@H]1OCc1ccccc1. The average Bonchev–Trinajstić information content (AvgIpc) is 2.85. The highest BCUT2D eigenvalue weighted by atomic mass is 16.7. The van der Waals surface area contributed by atoms with Crippen LogP contribution in [0.3, 0.4) is 0 Å². The Bertz CT molecular complexity index is 956. The zero-order chi connectivity index (χ0) is 22.0. The fourth-order valence-electron chi connectivity index (χ4n) is 3.63. The number of rotatable bonds is 10. The van der Waals surface area contributed by atoms with Gasteiger partial charge in [0, 0.05) is 0 Å².